The fourth-order valence-corrected chi connectivity index (χ4v) is 5.11. The van der Waals surface area contributed by atoms with Crippen LogP contribution in [0.5, 0.6) is 0 Å². The molecule has 1 unspecified atom stereocenters. The zero-order valence-electron chi connectivity index (χ0n) is 15.3. The molecule has 1 saturated heterocycles. The number of urea groups is 1. The van der Waals surface area contributed by atoms with Crippen molar-refractivity contribution >= 4 is 16.1 Å². The monoisotopic (exact) mass is 406 g/mol. The lowest BCUT2D eigenvalue weighted by Gasteiger charge is -2.43. The van der Waals surface area contributed by atoms with Gasteiger partial charge in [-0.25, -0.2) is 17.9 Å². The molecule has 3 rings (SSSR count). The van der Waals surface area contributed by atoms with Crippen LogP contribution in [0.15, 0.2) is 0 Å². The first kappa shape index (κ1) is 20.8. The van der Waals surface area contributed by atoms with Gasteiger partial charge in [0, 0.05) is 6.04 Å². The summed E-state index contributed by atoms with van der Waals surface area (Å²) in [6.07, 6.45) is 0.933. The van der Waals surface area contributed by atoms with Gasteiger partial charge in [0.1, 0.15) is 18.3 Å². The predicted octanol–water partition coefficient (Wildman–Crippen LogP) is -0.402. The fourth-order valence-electron chi connectivity index (χ4n) is 4.12. The van der Waals surface area contributed by atoms with Crippen LogP contribution in [-0.4, -0.2) is 72.1 Å². The molecule has 3 aliphatic rings. The molecule has 0 spiro atoms. The van der Waals surface area contributed by atoms with E-state index in [0.29, 0.717) is 0 Å². The van der Waals surface area contributed by atoms with Gasteiger partial charge in [-0.1, -0.05) is 12.8 Å². The van der Waals surface area contributed by atoms with Crippen LogP contribution in [0.1, 0.15) is 51.4 Å². The first-order valence-corrected chi connectivity index (χ1v) is 11.4. The molecular formula is C17H30N2O7S. The van der Waals surface area contributed by atoms with E-state index in [4.69, 9.17) is 4.74 Å². The van der Waals surface area contributed by atoms with E-state index < -0.39 is 52.3 Å². The van der Waals surface area contributed by atoms with E-state index in [0.717, 1.165) is 44.9 Å². The molecular weight excluding hydrogens is 376 g/mol. The maximum atomic E-state index is 12.1. The zero-order valence-corrected chi connectivity index (χ0v) is 16.1. The van der Waals surface area contributed by atoms with Crippen molar-refractivity contribution in [3.63, 3.8) is 0 Å². The molecule has 5 N–H and O–H groups in total. The van der Waals surface area contributed by atoms with Gasteiger partial charge in [0.15, 0.2) is 0 Å². The van der Waals surface area contributed by atoms with Gasteiger partial charge in [-0.2, -0.15) is 0 Å². The molecule has 3 fully saturated rings. The van der Waals surface area contributed by atoms with Gasteiger partial charge in [-0.3, -0.25) is 0 Å². The Morgan fingerprint density at radius 3 is 2.22 bits per heavy atom. The molecule has 0 aromatic heterocycles. The Morgan fingerprint density at radius 1 is 0.963 bits per heavy atom. The van der Waals surface area contributed by atoms with Crippen LogP contribution >= 0.6 is 0 Å². The van der Waals surface area contributed by atoms with Crippen molar-refractivity contribution in [3.05, 3.63) is 0 Å². The van der Waals surface area contributed by atoms with Crippen LogP contribution in [-0.2, 0) is 14.8 Å². The summed E-state index contributed by atoms with van der Waals surface area (Å²) in [6.45, 7) is 0. The topological polar surface area (TPSA) is 145 Å². The molecule has 2 amide bonds. The van der Waals surface area contributed by atoms with E-state index in [1.807, 2.05) is 4.72 Å². The molecule has 0 aromatic rings. The van der Waals surface area contributed by atoms with Gasteiger partial charge in [0.05, 0.1) is 18.0 Å². The summed E-state index contributed by atoms with van der Waals surface area (Å²) in [5.74, 6) is -0.333. The number of rotatable bonds is 6. The number of hydrogen-bond acceptors (Lipinski definition) is 7. The molecule has 0 bridgehead atoms. The maximum absolute atomic E-state index is 12.1. The van der Waals surface area contributed by atoms with Crippen molar-refractivity contribution < 1.29 is 33.3 Å². The van der Waals surface area contributed by atoms with Gasteiger partial charge in [-0.15, -0.1) is 0 Å². The Labute approximate surface area is 159 Å². The van der Waals surface area contributed by atoms with Crippen LogP contribution in [0, 0.1) is 5.92 Å². The standard InChI is InChI=1S/C17H30N2O7S/c20-13-12(26-16(15(22)14(13)21)10-4-1-2-5-10)8-9-27(24,25)19-17(23)18-11-6-3-7-11/h10-16,20-22H,1-9H2,(H2,18,19,23)/t12-,13-,14+,15+,16?/m1/s1. The van der Waals surface area contributed by atoms with E-state index in [1.54, 1.807) is 0 Å². The molecule has 10 heteroatoms. The molecule has 0 radical (unpaired) electrons. The van der Waals surface area contributed by atoms with E-state index in [9.17, 15) is 28.5 Å². The number of nitrogens with one attached hydrogen (secondary N) is 2. The number of carbonyl (C=O) groups is 1. The Kier molecular flexibility index (Phi) is 6.62. The van der Waals surface area contributed by atoms with Gasteiger partial charge in [0.2, 0.25) is 10.0 Å². The van der Waals surface area contributed by atoms with E-state index in [2.05, 4.69) is 5.32 Å². The molecule has 2 aliphatic carbocycles. The van der Waals surface area contributed by atoms with Gasteiger partial charge in [0.25, 0.3) is 0 Å². The van der Waals surface area contributed by atoms with Crippen LogP contribution in [0.4, 0.5) is 4.79 Å². The number of sulfonamides is 1. The molecule has 1 heterocycles. The molecule has 27 heavy (non-hydrogen) atoms. The zero-order chi connectivity index (χ0) is 19.6. The lowest BCUT2D eigenvalue weighted by Crippen LogP contribution is -2.59. The first-order chi connectivity index (χ1) is 12.8. The fraction of sp³-hybridized carbons (Fsp3) is 0.941. The van der Waals surface area contributed by atoms with Crippen molar-refractivity contribution in [2.75, 3.05) is 5.75 Å². The summed E-state index contributed by atoms with van der Waals surface area (Å²) in [7, 11) is -3.90. The van der Waals surface area contributed by atoms with E-state index in [-0.39, 0.29) is 18.4 Å². The minimum absolute atomic E-state index is 0.0208. The van der Waals surface area contributed by atoms with E-state index >= 15 is 0 Å². The molecule has 2 saturated carbocycles. The molecule has 0 aromatic carbocycles. The third-order valence-corrected chi connectivity index (χ3v) is 7.24. The smallest absolute Gasteiger partial charge is 0.328 e. The summed E-state index contributed by atoms with van der Waals surface area (Å²) in [6, 6.07) is -0.725. The highest BCUT2D eigenvalue weighted by molar-refractivity contribution is 7.90. The van der Waals surface area contributed by atoms with Gasteiger partial charge >= 0.3 is 6.03 Å². The van der Waals surface area contributed by atoms with Crippen LogP contribution in [0.25, 0.3) is 0 Å². The van der Waals surface area contributed by atoms with Crippen molar-refractivity contribution in [2.45, 2.75) is 87.9 Å². The number of aliphatic hydroxyl groups excluding tert-OH is 3. The Bertz CT molecular complexity index is 619. The Morgan fingerprint density at radius 2 is 1.63 bits per heavy atom. The van der Waals surface area contributed by atoms with Crippen LogP contribution in [0.3, 0.4) is 0 Å². The third kappa shape index (κ3) is 5.11. The minimum atomic E-state index is -3.90. The van der Waals surface area contributed by atoms with Crippen molar-refractivity contribution in [2.24, 2.45) is 5.92 Å². The lowest BCUT2D eigenvalue weighted by atomic mass is 9.86. The second-order valence-electron chi connectivity index (χ2n) is 7.97. The third-order valence-electron chi connectivity index (χ3n) is 5.97. The molecule has 5 atom stereocenters. The van der Waals surface area contributed by atoms with Crippen LogP contribution in [0.2, 0.25) is 0 Å². The van der Waals surface area contributed by atoms with Gasteiger partial charge < -0.3 is 25.4 Å². The summed E-state index contributed by atoms with van der Waals surface area (Å²) in [5.41, 5.74) is 0. The average molecular weight is 407 g/mol. The quantitative estimate of drug-likeness (QED) is 0.403. The maximum Gasteiger partial charge on any atom is 0.328 e. The summed E-state index contributed by atoms with van der Waals surface area (Å²) >= 11 is 0. The van der Waals surface area contributed by atoms with E-state index in [1.165, 1.54) is 0 Å². The lowest BCUT2D eigenvalue weighted by molar-refractivity contribution is -0.234. The molecule has 1 aliphatic heterocycles. The molecule has 156 valence electrons. The SMILES string of the molecule is O=C(NC1CCC1)NS(=O)(=O)CC[C@H]1OC(C2CCCC2)[C@@H](O)[C@@H](O)[C@@H]1O. The van der Waals surface area contributed by atoms with Crippen molar-refractivity contribution in [1.82, 2.24) is 10.0 Å². The summed E-state index contributed by atoms with van der Waals surface area (Å²) in [4.78, 5) is 11.7. The summed E-state index contributed by atoms with van der Waals surface area (Å²) < 4.78 is 32.1. The Balaban J connectivity index is 1.53. The van der Waals surface area contributed by atoms with Crippen molar-refractivity contribution in [3.8, 4) is 0 Å². The van der Waals surface area contributed by atoms with Gasteiger partial charge in [-0.05, 0) is 44.4 Å². The number of aliphatic hydroxyl groups is 3. The minimum Gasteiger partial charge on any atom is -0.388 e. The molecule has 9 nitrogen and oxygen atoms in total. The highest BCUT2D eigenvalue weighted by atomic mass is 32.2. The highest BCUT2D eigenvalue weighted by Crippen LogP contribution is 2.36. The number of carbonyl (C=O) groups excluding carboxylic acids is 1. The van der Waals surface area contributed by atoms with Crippen molar-refractivity contribution in [1.29, 1.82) is 0 Å². The van der Waals surface area contributed by atoms with Crippen LogP contribution < -0.4 is 10.0 Å². The number of ether oxygens (including phenoxy) is 1. The highest BCUT2D eigenvalue weighted by Gasteiger charge is 2.46. The summed E-state index contributed by atoms with van der Waals surface area (Å²) in [5, 5.41) is 33.1. The largest absolute Gasteiger partial charge is 0.388 e. The predicted molar refractivity (Wildman–Crippen MR) is 96.3 cm³/mol. The average Bonchev–Trinajstić information content (AvgIpc) is 3.09. The number of hydrogen-bond donors (Lipinski definition) is 5. The normalized spacial score (nSPS) is 35.6. The number of amides is 2. The second-order valence-corrected chi connectivity index (χ2v) is 9.81. The first-order valence-electron chi connectivity index (χ1n) is 9.77. The second kappa shape index (κ2) is 8.60. The Hall–Kier alpha value is -0.940.